The average Bonchev–Trinajstić information content (AvgIpc) is 2.95. The molecule has 228 valence electrons. The fourth-order valence-corrected chi connectivity index (χ4v) is 7.04. The largest absolute Gasteiger partial charge is 0.510 e. The minimum Gasteiger partial charge on any atom is -0.510 e. The Bertz CT molecular complexity index is 1570. The number of aromatic hydroxyl groups is 1. The maximum absolute atomic E-state index is 16.1. The smallest absolute Gasteiger partial charge is 0.254 e. The first-order valence-electron chi connectivity index (χ1n) is 14.3. The third kappa shape index (κ3) is 4.81. The molecule has 0 aliphatic heterocycles. The van der Waals surface area contributed by atoms with Gasteiger partial charge in [-0.05, 0) is 57.5 Å². The highest BCUT2D eigenvalue weighted by atomic mass is 19.1. The van der Waals surface area contributed by atoms with Gasteiger partial charge in [0.05, 0.1) is 17.3 Å². The normalized spacial score (nSPS) is 25.2. The molecule has 4 atom stereocenters. The Hall–Kier alpha value is -4.06. The van der Waals surface area contributed by atoms with Crippen molar-refractivity contribution in [2.24, 2.45) is 17.6 Å². The molecule has 0 saturated heterocycles. The molecule has 43 heavy (non-hydrogen) atoms. The number of ketones is 1. The Balaban J connectivity index is 1.53. The van der Waals surface area contributed by atoms with Crippen LogP contribution in [0.4, 0.5) is 4.39 Å². The molecule has 1 amide bonds. The van der Waals surface area contributed by atoms with Crippen molar-refractivity contribution < 1.29 is 34.4 Å². The molecular formula is C32H37FN4O6. The first kappa shape index (κ1) is 30.4. The van der Waals surface area contributed by atoms with Gasteiger partial charge in [0.2, 0.25) is 0 Å². The highest BCUT2D eigenvalue weighted by molar-refractivity contribution is 6.26. The number of Topliss-reactive ketones (excluding diaryl/α,β-unsaturated/α-hetero) is 1. The fraction of sp³-hybridized carbons (Fsp3) is 0.406. The molecule has 0 spiro atoms. The standard InChI is InChI=1S/C32H37FN4O6/c1-4-37(11-10-16-8-6-5-7-9-16)15-18-14-21(38)23-19(25(18)33)12-17-13-20-26(36(2)3)28(40)24(31(35)42)29(34)32(20,43)30(41)22(17)27(23)39/h5-9,14,17,20,26,34,38,40-41,43H,4,10-13,15H2,1-3H3,(H2,35,42)/t17-,20-,26-,32+/m0/s1. The Labute approximate surface area is 249 Å². The molecular weight excluding hydrogens is 555 g/mol. The zero-order valence-electron chi connectivity index (χ0n) is 24.4. The van der Waals surface area contributed by atoms with Gasteiger partial charge in [0.1, 0.15) is 28.7 Å². The van der Waals surface area contributed by atoms with E-state index < -0.39 is 69.5 Å². The lowest BCUT2D eigenvalue weighted by Gasteiger charge is -2.51. The second-order valence-electron chi connectivity index (χ2n) is 11.8. The quantitative estimate of drug-likeness (QED) is 0.272. The van der Waals surface area contributed by atoms with Crippen molar-refractivity contribution in [1.29, 1.82) is 5.41 Å². The number of amides is 1. The number of benzene rings is 2. The van der Waals surface area contributed by atoms with Gasteiger partial charge in [-0.2, -0.15) is 0 Å². The lowest BCUT2D eigenvalue weighted by Crippen LogP contribution is -2.63. The van der Waals surface area contributed by atoms with Crippen LogP contribution in [0, 0.1) is 23.1 Å². The second kappa shape index (κ2) is 11.2. The Morgan fingerprint density at radius 1 is 1.19 bits per heavy atom. The van der Waals surface area contributed by atoms with Gasteiger partial charge in [-0.3, -0.25) is 19.4 Å². The summed E-state index contributed by atoms with van der Waals surface area (Å²) in [5, 5.41) is 53.8. The predicted octanol–water partition coefficient (Wildman–Crippen LogP) is 2.77. The number of carbonyl (C=O) groups excluding carboxylic acids is 2. The first-order chi connectivity index (χ1) is 20.3. The zero-order chi connectivity index (χ0) is 31.4. The molecule has 0 fully saturated rings. The van der Waals surface area contributed by atoms with Crippen LogP contribution in [0.5, 0.6) is 5.75 Å². The number of aliphatic hydroxyl groups excluding tert-OH is 2. The molecule has 2 aromatic rings. The van der Waals surface area contributed by atoms with Crippen LogP contribution >= 0.6 is 0 Å². The minimum atomic E-state index is -2.51. The van der Waals surface area contributed by atoms with E-state index in [9.17, 15) is 30.0 Å². The monoisotopic (exact) mass is 592 g/mol. The number of halogens is 1. The molecule has 0 bridgehead atoms. The minimum absolute atomic E-state index is 0.0228. The number of hydrogen-bond donors (Lipinski definition) is 6. The molecule has 2 aromatic carbocycles. The van der Waals surface area contributed by atoms with Crippen LogP contribution in [-0.4, -0.2) is 86.5 Å². The number of phenols is 1. The zero-order valence-corrected chi connectivity index (χ0v) is 24.4. The van der Waals surface area contributed by atoms with Gasteiger partial charge in [0.25, 0.3) is 5.91 Å². The molecule has 10 nitrogen and oxygen atoms in total. The van der Waals surface area contributed by atoms with Crippen LogP contribution in [0.3, 0.4) is 0 Å². The number of nitrogens with two attached hydrogens (primary N) is 1. The van der Waals surface area contributed by atoms with Crippen LogP contribution in [0.2, 0.25) is 0 Å². The van der Waals surface area contributed by atoms with E-state index in [2.05, 4.69) is 0 Å². The lowest BCUT2D eigenvalue weighted by atomic mass is 9.58. The van der Waals surface area contributed by atoms with Crippen LogP contribution in [0.1, 0.15) is 40.4 Å². The number of likely N-dealkylation sites (N-methyl/N-ethyl adjacent to an activating group) is 2. The van der Waals surface area contributed by atoms with E-state index in [1.165, 1.54) is 11.0 Å². The number of nitrogens with one attached hydrogen (secondary N) is 1. The number of allylic oxidation sites excluding steroid dienone is 1. The number of primary amides is 1. The van der Waals surface area contributed by atoms with E-state index in [1.54, 1.807) is 14.1 Å². The lowest BCUT2D eigenvalue weighted by molar-refractivity contribution is -0.114. The highest BCUT2D eigenvalue weighted by Gasteiger charge is 2.61. The third-order valence-electron chi connectivity index (χ3n) is 9.19. The van der Waals surface area contributed by atoms with Gasteiger partial charge in [-0.15, -0.1) is 0 Å². The number of carbonyl (C=O) groups is 2. The summed E-state index contributed by atoms with van der Waals surface area (Å²) in [5.41, 5.74) is 2.32. The van der Waals surface area contributed by atoms with Crippen molar-refractivity contribution in [3.05, 3.63) is 87.1 Å². The number of aliphatic hydroxyl groups is 3. The highest BCUT2D eigenvalue weighted by Crippen LogP contribution is 2.52. The van der Waals surface area contributed by atoms with E-state index in [4.69, 9.17) is 11.1 Å². The van der Waals surface area contributed by atoms with Gasteiger partial charge in [0.15, 0.2) is 11.4 Å². The van der Waals surface area contributed by atoms with Crippen molar-refractivity contribution >= 4 is 17.4 Å². The number of nitrogens with zero attached hydrogens (tertiary/aromatic N) is 2. The van der Waals surface area contributed by atoms with Crippen molar-refractivity contribution in [3.63, 3.8) is 0 Å². The number of rotatable bonds is 8. The van der Waals surface area contributed by atoms with Crippen molar-refractivity contribution in [2.45, 2.75) is 44.4 Å². The summed E-state index contributed by atoms with van der Waals surface area (Å²) in [7, 11) is 3.18. The molecule has 0 saturated carbocycles. The fourth-order valence-electron chi connectivity index (χ4n) is 7.04. The van der Waals surface area contributed by atoms with E-state index >= 15 is 4.39 Å². The molecule has 0 unspecified atom stereocenters. The van der Waals surface area contributed by atoms with Gasteiger partial charge >= 0.3 is 0 Å². The Morgan fingerprint density at radius 2 is 1.86 bits per heavy atom. The molecule has 3 aliphatic carbocycles. The number of hydrogen-bond acceptors (Lipinski definition) is 9. The second-order valence-corrected chi connectivity index (χ2v) is 11.8. The van der Waals surface area contributed by atoms with Gasteiger partial charge in [0, 0.05) is 35.7 Å². The van der Waals surface area contributed by atoms with Gasteiger partial charge in [-0.25, -0.2) is 4.39 Å². The van der Waals surface area contributed by atoms with E-state index in [1.807, 2.05) is 42.2 Å². The summed E-state index contributed by atoms with van der Waals surface area (Å²) in [6, 6.07) is 10.1. The summed E-state index contributed by atoms with van der Waals surface area (Å²) < 4.78 is 16.1. The van der Waals surface area contributed by atoms with Crippen molar-refractivity contribution in [2.75, 3.05) is 27.2 Å². The molecule has 0 heterocycles. The van der Waals surface area contributed by atoms with Crippen LogP contribution in [-0.2, 0) is 24.2 Å². The van der Waals surface area contributed by atoms with Crippen LogP contribution in [0.15, 0.2) is 59.1 Å². The number of fused-ring (bicyclic) bond motifs is 3. The predicted molar refractivity (Wildman–Crippen MR) is 157 cm³/mol. The molecule has 11 heteroatoms. The van der Waals surface area contributed by atoms with E-state index in [0.29, 0.717) is 13.1 Å². The molecule has 3 aliphatic rings. The topological polar surface area (TPSA) is 171 Å². The van der Waals surface area contributed by atoms with Crippen molar-refractivity contribution in [1.82, 2.24) is 9.80 Å². The summed E-state index contributed by atoms with van der Waals surface area (Å²) in [6.45, 7) is 3.46. The van der Waals surface area contributed by atoms with Crippen LogP contribution in [0.25, 0.3) is 0 Å². The van der Waals surface area contributed by atoms with Gasteiger partial charge in [-0.1, -0.05) is 37.3 Å². The first-order valence-corrected chi connectivity index (χ1v) is 14.3. The summed E-state index contributed by atoms with van der Waals surface area (Å²) >= 11 is 0. The maximum Gasteiger partial charge on any atom is 0.254 e. The van der Waals surface area contributed by atoms with E-state index in [0.717, 1.165) is 12.0 Å². The SMILES string of the molecule is CCN(CCc1ccccc1)Cc1cc(O)c2c(c1F)C[C@H]1C[C@H]3[C@H](N(C)C)C(O)=C(C(N)=O)C(=N)[C@@]3(O)C(O)=C1C2=O. The third-order valence-corrected chi connectivity index (χ3v) is 9.19. The van der Waals surface area contributed by atoms with E-state index in [-0.39, 0.29) is 41.6 Å². The molecule has 5 rings (SSSR count). The summed E-state index contributed by atoms with van der Waals surface area (Å²) in [6.07, 6.45) is 0.675. The number of phenolic OH excluding ortho intramolecular Hbond substituents is 1. The molecule has 0 radical (unpaired) electrons. The molecule has 0 aromatic heterocycles. The Kier molecular flexibility index (Phi) is 7.93. The summed E-state index contributed by atoms with van der Waals surface area (Å²) in [4.78, 5) is 29.6. The summed E-state index contributed by atoms with van der Waals surface area (Å²) in [5.74, 6) is -6.29. The van der Waals surface area contributed by atoms with Gasteiger partial charge < -0.3 is 31.6 Å². The average molecular weight is 593 g/mol. The van der Waals surface area contributed by atoms with Crippen LogP contribution < -0.4 is 5.73 Å². The molecule has 7 N–H and O–H groups in total. The Morgan fingerprint density at radius 3 is 2.47 bits per heavy atom. The van der Waals surface area contributed by atoms with Crippen molar-refractivity contribution in [3.8, 4) is 5.75 Å². The maximum atomic E-state index is 16.1.